The number of nitrogens with zero attached hydrogens (tertiary/aromatic N) is 2. The van der Waals surface area contributed by atoms with E-state index in [0.717, 1.165) is 31.5 Å². The molecule has 0 spiro atoms. The highest BCUT2D eigenvalue weighted by Gasteiger charge is 2.40. The molecule has 6 nitrogen and oxygen atoms in total. The Balaban J connectivity index is 1.60. The summed E-state index contributed by atoms with van der Waals surface area (Å²) in [5.41, 5.74) is 2.18. The van der Waals surface area contributed by atoms with Gasteiger partial charge in [-0.3, -0.25) is 9.69 Å². The summed E-state index contributed by atoms with van der Waals surface area (Å²) in [5, 5.41) is 0. The van der Waals surface area contributed by atoms with Gasteiger partial charge in [0.2, 0.25) is 10.0 Å². The summed E-state index contributed by atoms with van der Waals surface area (Å²) in [6.45, 7) is 4.47. The molecule has 25 heavy (non-hydrogen) atoms. The van der Waals surface area contributed by atoms with E-state index in [1.165, 1.54) is 12.7 Å². The van der Waals surface area contributed by atoms with Crippen LogP contribution in [0.25, 0.3) is 0 Å². The SMILES string of the molecule is COC(=O)C1CCN(C2CN(Cc3ccc(C)cc3)S(=O)(=O)C2)CC1. The number of rotatable bonds is 4. The molecule has 7 heteroatoms. The minimum Gasteiger partial charge on any atom is -0.469 e. The summed E-state index contributed by atoms with van der Waals surface area (Å²) in [6, 6.07) is 7.99. The van der Waals surface area contributed by atoms with Crippen molar-refractivity contribution in [1.29, 1.82) is 0 Å². The van der Waals surface area contributed by atoms with E-state index in [4.69, 9.17) is 4.74 Å². The Hall–Kier alpha value is -1.44. The van der Waals surface area contributed by atoms with E-state index in [2.05, 4.69) is 4.90 Å². The number of esters is 1. The summed E-state index contributed by atoms with van der Waals surface area (Å²) in [7, 11) is -1.81. The Kier molecular flexibility index (Phi) is 5.46. The highest BCUT2D eigenvalue weighted by atomic mass is 32.2. The molecule has 0 bridgehead atoms. The zero-order chi connectivity index (χ0) is 18.0. The number of piperidine rings is 1. The van der Waals surface area contributed by atoms with Gasteiger partial charge in [-0.2, -0.15) is 4.31 Å². The first-order chi connectivity index (χ1) is 11.9. The van der Waals surface area contributed by atoms with E-state index >= 15 is 0 Å². The Morgan fingerprint density at radius 1 is 1.20 bits per heavy atom. The van der Waals surface area contributed by atoms with Gasteiger partial charge in [0, 0.05) is 19.1 Å². The Labute approximate surface area is 149 Å². The normalized spacial score (nSPS) is 25.1. The van der Waals surface area contributed by atoms with Crippen LogP contribution >= 0.6 is 0 Å². The number of methoxy groups -OCH3 is 1. The van der Waals surface area contributed by atoms with Crippen LogP contribution in [0.1, 0.15) is 24.0 Å². The maximum absolute atomic E-state index is 12.5. The van der Waals surface area contributed by atoms with Gasteiger partial charge in [0.05, 0.1) is 18.8 Å². The molecular weight excluding hydrogens is 340 g/mol. The number of carbonyl (C=O) groups excluding carboxylic acids is 1. The number of hydrogen-bond donors (Lipinski definition) is 0. The molecule has 0 radical (unpaired) electrons. The summed E-state index contributed by atoms with van der Waals surface area (Å²) in [4.78, 5) is 13.8. The van der Waals surface area contributed by atoms with Crippen molar-refractivity contribution in [3.63, 3.8) is 0 Å². The van der Waals surface area contributed by atoms with Gasteiger partial charge in [-0.15, -0.1) is 0 Å². The summed E-state index contributed by atoms with van der Waals surface area (Å²) >= 11 is 0. The summed E-state index contributed by atoms with van der Waals surface area (Å²) in [6.07, 6.45) is 1.47. The van der Waals surface area contributed by atoms with Crippen LogP contribution in [0.5, 0.6) is 0 Å². The molecule has 2 heterocycles. The van der Waals surface area contributed by atoms with Gasteiger partial charge in [0.25, 0.3) is 0 Å². The fraction of sp³-hybridized carbons (Fsp3) is 0.611. The van der Waals surface area contributed by atoms with Crippen molar-refractivity contribution in [2.24, 2.45) is 5.92 Å². The molecule has 0 N–H and O–H groups in total. The van der Waals surface area contributed by atoms with Gasteiger partial charge in [0.15, 0.2) is 0 Å². The lowest BCUT2D eigenvalue weighted by atomic mass is 9.96. The zero-order valence-electron chi connectivity index (χ0n) is 14.8. The van der Waals surface area contributed by atoms with Crippen molar-refractivity contribution in [3.8, 4) is 0 Å². The van der Waals surface area contributed by atoms with Crippen LogP contribution in [-0.4, -0.2) is 62.1 Å². The average molecular weight is 366 g/mol. The second-order valence-corrected chi connectivity index (χ2v) is 9.06. The van der Waals surface area contributed by atoms with Crippen LogP contribution in [0.4, 0.5) is 0 Å². The second kappa shape index (κ2) is 7.43. The van der Waals surface area contributed by atoms with E-state index in [-0.39, 0.29) is 23.7 Å². The van der Waals surface area contributed by atoms with E-state index in [9.17, 15) is 13.2 Å². The van der Waals surface area contributed by atoms with Crippen LogP contribution in [0.3, 0.4) is 0 Å². The maximum Gasteiger partial charge on any atom is 0.308 e. The van der Waals surface area contributed by atoms with E-state index in [1.807, 2.05) is 31.2 Å². The molecule has 0 aromatic heterocycles. The predicted molar refractivity (Wildman–Crippen MR) is 95.5 cm³/mol. The van der Waals surface area contributed by atoms with Crippen molar-refractivity contribution in [3.05, 3.63) is 35.4 Å². The largest absolute Gasteiger partial charge is 0.469 e. The summed E-state index contributed by atoms with van der Waals surface area (Å²) < 4.78 is 31.5. The number of aryl methyl sites for hydroxylation is 1. The third-order valence-corrected chi connectivity index (χ3v) is 7.14. The molecule has 0 saturated carbocycles. The maximum atomic E-state index is 12.5. The lowest BCUT2D eigenvalue weighted by molar-refractivity contribution is -0.147. The molecule has 138 valence electrons. The first-order valence-electron chi connectivity index (χ1n) is 8.74. The number of hydrogen-bond acceptors (Lipinski definition) is 5. The van der Waals surface area contributed by atoms with Crippen LogP contribution in [0.2, 0.25) is 0 Å². The van der Waals surface area contributed by atoms with E-state index in [0.29, 0.717) is 13.1 Å². The fourth-order valence-electron chi connectivity index (χ4n) is 3.70. The number of ether oxygens (including phenoxy) is 1. The average Bonchev–Trinajstić information content (AvgIpc) is 2.91. The molecule has 1 aromatic carbocycles. The number of carbonyl (C=O) groups is 1. The van der Waals surface area contributed by atoms with Gasteiger partial charge in [-0.1, -0.05) is 29.8 Å². The molecule has 3 rings (SSSR count). The van der Waals surface area contributed by atoms with E-state index < -0.39 is 10.0 Å². The number of sulfonamides is 1. The van der Waals surface area contributed by atoms with Crippen molar-refractivity contribution in [1.82, 2.24) is 9.21 Å². The van der Waals surface area contributed by atoms with Crippen molar-refractivity contribution < 1.29 is 17.9 Å². The molecule has 2 fully saturated rings. The smallest absolute Gasteiger partial charge is 0.308 e. The molecular formula is C18H26N2O4S. The summed E-state index contributed by atoms with van der Waals surface area (Å²) in [5.74, 6) is -0.0375. The standard InChI is InChI=1S/C18H26N2O4S/c1-14-3-5-15(6-4-14)11-20-12-17(13-25(20,22)23)19-9-7-16(8-10-19)18(21)24-2/h3-6,16-17H,7-13H2,1-2H3. The third-order valence-electron chi connectivity index (χ3n) is 5.27. The van der Waals surface area contributed by atoms with Crippen molar-refractivity contribution >= 4 is 16.0 Å². The minimum atomic E-state index is -3.23. The van der Waals surface area contributed by atoms with Gasteiger partial charge in [0.1, 0.15) is 0 Å². The molecule has 2 aliphatic heterocycles. The molecule has 0 amide bonds. The Bertz CT molecular complexity index is 709. The van der Waals surface area contributed by atoms with Crippen LogP contribution in [0.15, 0.2) is 24.3 Å². The lowest BCUT2D eigenvalue weighted by Gasteiger charge is -2.34. The predicted octanol–water partition coefficient (Wildman–Crippen LogP) is 1.39. The fourth-order valence-corrected chi connectivity index (χ4v) is 5.46. The number of benzene rings is 1. The highest BCUT2D eigenvalue weighted by Crippen LogP contribution is 2.26. The Morgan fingerprint density at radius 3 is 2.44 bits per heavy atom. The Morgan fingerprint density at radius 2 is 1.84 bits per heavy atom. The zero-order valence-corrected chi connectivity index (χ0v) is 15.7. The molecule has 1 atom stereocenters. The molecule has 1 aromatic rings. The van der Waals surface area contributed by atoms with Crippen molar-refractivity contribution in [2.75, 3.05) is 32.5 Å². The quantitative estimate of drug-likeness (QED) is 0.754. The second-order valence-electron chi connectivity index (χ2n) is 7.04. The lowest BCUT2D eigenvalue weighted by Crippen LogP contribution is -2.45. The molecule has 0 aliphatic carbocycles. The topological polar surface area (TPSA) is 66.9 Å². The van der Waals surface area contributed by atoms with Crippen molar-refractivity contribution in [2.45, 2.75) is 32.4 Å². The molecule has 2 aliphatic rings. The van der Waals surface area contributed by atoms with Gasteiger partial charge in [-0.25, -0.2) is 8.42 Å². The van der Waals surface area contributed by atoms with Crippen LogP contribution in [-0.2, 0) is 26.1 Å². The monoisotopic (exact) mass is 366 g/mol. The third kappa shape index (κ3) is 4.22. The number of likely N-dealkylation sites (tertiary alicyclic amines) is 1. The van der Waals surface area contributed by atoms with Gasteiger partial charge < -0.3 is 4.74 Å². The minimum absolute atomic E-state index is 0.00838. The van der Waals surface area contributed by atoms with Gasteiger partial charge >= 0.3 is 5.97 Å². The first-order valence-corrected chi connectivity index (χ1v) is 10.3. The van der Waals surface area contributed by atoms with Crippen LogP contribution < -0.4 is 0 Å². The van der Waals surface area contributed by atoms with E-state index in [1.54, 1.807) is 4.31 Å². The highest BCUT2D eigenvalue weighted by molar-refractivity contribution is 7.89. The van der Waals surface area contributed by atoms with Crippen LogP contribution in [0, 0.1) is 12.8 Å². The van der Waals surface area contributed by atoms with Gasteiger partial charge in [-0.05, 0) is 38.4 Å². The molecule has 2 saturated heterocycles. The molecule has 1 unspecified atom stereocenters. The first kappa shape index (κ1) is 18.4.